The number of hydrogen-bond acceptors (Lipinski definition) is 4. The van der Waals surface area contributed by atoms with Crippen molar-refractivity contribution >= 4 is 39.7 Å². The second kappa shape index (κ2) is 5.67. The number of anilines is 1. The fourth-order valence-electron chi connectivity index (χ4n) is 1.59. The zero-order valence-electron chi connectivity index (χ0n) is 9.15. The van der Waals surface area contributed by atoms with Crippen LogP contribution in [0.4, 0.5) is 5.00 Å². The molecule has 0 aliphatic heterocycles. The molecule has 1 heterocycles. The number of aromatic nitrogens is 2. The van der Waals surface area contributed by atoms with Crippen LogP contribution < -0.4 is 5.32 Å². The molecular weight excluding hydrogens is 277 g/mol. The second-order valence-electron chi connectivity index (χ2n) is 3.55. The molecule has 90 valence electrons. The Morgan fingerprint density at radius 3 is 2.82 bits per heavy atom. The maximum Gasteiger partial charge on any atom is 0.130 e. The molecule has 2 aromatic rings. The topological polar surface area (TPSA) is 37.8 Å². The molecule has 1 aromatic carbocycles. The Morgan fingerprint density at radius 2 is 2.24 bits per heavy atom. The molecule has 1 aromatic heterocycles. The van der Waals surface area contributed by atoms with Crippen LogP contribution in [0.15, 0.2) is 24.4 Å². The van der Waals surface area contributed by atoms with Crippen LogP contribution >= 0.6 is 34.7 Å². The zero-order valence-corrected chi connectivity index (χ0v) is 11.5. The van der Waals surface area contributed by atoms with Crippen molar-refractivity contribution in [2.24, 2.45) is 0 Å². The normalized spacial score (nSPS) is 12.4. The Hall–Kier alpha value is -0.840. The minimum Gasteiger partial charge on any atom is -0.367 e. The third-order valence-corrected chi connectivity index (χ3v) is 3.58. The molecule has 0 saturated carbocycles. The van der Waals surface area contributed by atoms with Crippen LogP contribution in [0.5, 0.6) is 0 Å². The fraction of sp³-hybridized carbons (Fsp3) is 0.273. The average molecular weight is 288 g/mol. The van der Waals surface area contributed by atoms with Gasteiger partial charge in [0.05, 0.1) is 12.2 Å². The molecule has 6 heteroatoms. The SMILES string of the molecule is CCC(Nc1cnns1)c1ccc(Cl)cc1Cl. The van der Waals surface area contributed by atoms with Gasteiger partial charge in [-0.2, -0.15) is 0 Å². The third-order valence-electron chi connectivity index (χ3n) is 2.42. The van der Waals surface area contributed by atoms with Crippen molar-refractivity contribution < 1.29 is 0 Å². The number of benzene rings is 1. The van der Waals surface area contributed by atoms with Gasteiger partial charge in [0.2, 0.25) is 0 Å². The molecule has 1 atom stereocenters. The lowest BCUT2D eigenvalue weighted by molar-refractivity contribution is 0.752. The summed E-state index contributed by atoms with van der Waals surface area (Å²) in [6.07, 6.45) is 2.62. The van der Waals surface area contributed by atoms with Crippen molar-refractivity contribution in [2.45, 2.75) is 19.4 Å². The molecule has 0 spiro atoms. The Kier molecular flexibility index (Phi) is 4.20. The maximum atomic E-state index is 6.19. The molecule has 0 radical (unpaired) electrons. The lowest BCUT2D eigenvalue weighted by Gasteiger charge is -2.18. The van der Waals surface area contributed by atoms with Crippen molar-refractivity contribution in [3.63, 3.8) is 0 Å². The van der Waals surface area contributed by atoms with Gasteiger partial charge in [-0.05, 0) is 24.1 Å². The van der Waals surface area contributed by atoms with Gasteiger partial charge in [-0.1, -0.05) is 40.7 Å². The Labute approximate surface area is 114 Å². The lowest BCUT2D eigenvalue weighted by Crippen LogP contribution is -2.09. The van der Waals surface area contributed by atoms with Crippen LogP contribution in [0.25, 0.3) is 0 Å². The fourth-order valence-corrected chi connectivity index (χ4v) is 2.60. The highest BCUT2D eigenvalue weighted by atomic mass is 35.5. The third kappa shape index (κ3) is 3.09. The minimum absolute atomic E-state index is 0.141. The van der Waals surface area contributed by atoms with Gasteiger partial charge in [0.1, 0.15) is 5.00 Å². The summed E-state index contributed by atoms with van der Waals surface area (Å²) >= 11 is 13.4. The number of nitrogens with one attached hydrogen (secondary N) is 1. The predicted octanol–water partition coefficient (Wildman–Crippen LogP) is 4.41. The van der Waals surface area contributed by atoms with E-state index in [2.05, 4.69) is 21.8 Å². The average Bonchev–Trinajstić information content (AvgIpc) is 2.79. The standard InChI is InChI=1S/C11H11Cl2N3S/c1-2-10(15-11-6-14-16-17-11)8-4-3-7(12)5-9(8)13/h3-6,10,15H,2H2,1H3. The van der Waals surface area contributed by atoms with Crippen molar-refractivity contribution in [2.75, 3.05) is 5.32 Å². The zero-order chi connectivity index (χ0) is 12.3. The largest absolute Gasteiger partial charge is 0.367 e. The van der Waals surface area contributed by atoms with E-state index in [0.29, 0.717) is 10.0 Å². The van der Waals surface area contributed by atoms with Gasteiger partial charge in [-0.3, -0.25) is 0 Å². The van der Waals surface area contributed by atoms with Crippen molar-refractivity contribution in [1.29, 1.82) is 0 Å². The summed E-state index contributed by atoms with van der Waals surface area (Å²) in [4.78, 5) is 0. The summed E-state index contributed by atoms with van der Waals surface area (Å²) in [7, 11) is 0. The quantitative estimate of drug-likeness (QED) is 0.905. The van der Waals surface area contributed by atoms with Gasteiger partial charge in [0.15, 0.2) is 0 Å². The van der Waals surface area contributed by atoms with E-state index in [0.717, 1.165) is 17.0 Å². The first kappa shape index (κ1) is 12.6. The van der Waals surface area contributed by atoms with Gasteiger partial charge in [-0.15, -0.1) is 5.10 Å². The summed E-state index contributed by atoms with van der Waals surface area (Å²) in [5.74, 6) is 0. The molecule has 0 aliphatic carbocycles. The molecule has 0 bridgehead atoms. The van der Waals surface area contributed by atoms with Gasteiger partial charge in [-0.25, -0.2) is 0 Å². The molecular formula is C11H11Cl2N3S. The molecule has 1 unspecified atom stereocenters. The summed E-state index contributed by atoms with van der Waals surface area (Å²) in [5.41, 5.74) is 1.03. The number of halogens is 2. The summed E-state index contributed by atoms with van der Waals surface area (Å²) in [5, 5.41) is 9.40. The van der Waals surface area contributed by atoms with Crippen LogP contribution in [0, 0.1) is 0 Å². The first-order chi connectivity index (χ1) is 8.20. The van der Waals surface area contributed by atoms with Gasteiger partial charge in [0, 0.05) is 21.6 Å². The van der Waals surface area contributed by atoms with E-state index >= 15 is 0 Å². The van der Waals surface area contributed by atoms with Crippen LogP contribution in [0.3, 0.4) is 0 Å². The van der Waals surface area contributed by atoms with Crippen LogP contribution in [-0.4, -0.2) is 9.59 Å². The van der Waals surface area contributed by atoms with E-state index in [1.54, 1.807) is 12.3 Å². The van der Waals surface area contributed by atoms with Crippen molar-refractivity contribution in [3.05, 3.63) is 40.0 Å². The minimum atomic E-state index is 0.141. The Bertz CT molecular complexity index is 487. The van der Waals surface area contributed by atoms with Crippen LogP contribution in [-0.2, 0) is 0 Å². The summed E-state index contributed by atoms with van der Waals surface area (Å²) < 4.78 is 3.81. The van der Waals surface area contributed by atoms with E-state index < -0.39 is 0 Å². The molecule has 2 rings (SSSR count). The van der Waals surface area contributed by atoms with Crippen molar-refractivity contribution in [1.82, 2.24) is 9.59 Å². The molecule has 17 heavy (non-hydrogen) atoms. The Balaban J connectivity index is 2.23. The molecule has 0 aliphatic rings. The highest BCUT2D eigenvalue weighted by Crippen LogP contribution is 2.30. The molecule has 0 saturated heterocycles. The number of hydrogen-bond donors (Lipinski definition) is 1. The van der Waals surface area contributed by atoms with E-state index in [-0.39, 0.29) is 6.04 Å². The molecule has 0 fully saturated rings. The highest BCUT2D eigenvalue weighted by Gasteiger charge is 2.13. The summed E-state index contributed by atoms with van der Waals surface area (Å²) in [6, 6.07) is 5.69. The van der Waals surface area contributed by atoms with Crippen LogP contribution in [0.1, 0.15) is 24.9 Å². The van der Waals surface area contributed by atoms with E-state index in [1.165, 1.54) is 11.5 Å². The van der Waals surface area contributed by atoms with E-state index in [1.807, 2.05) is 12.1 Å². The summed E-state index contributed by atoms with van der Waals surface area (Å²) in [6.45, 7) is 2.09. The smallest absolute Gasteiger partial charge is 0.130 e. The highest BCUT2D eigenvalue weighted by molar-refractivity contribution is 7.09. The maximum absolute atomic E-state index is 6.19. The predicted molar refractivity (Wildman–Crippen MR) is 73.0 cm³/mol. The number of rotatable bonds is 4. The lowest BCUT2D eigenvalue weighted by atomic mass is 10.0. The first-order valence-corrected chi connectivity index (χ1v) is 6.72. The molecule has 0 amide bonds. The molecule has 3 nitrogen and oxygen atoms in total. The first-order valence-electron chi connectivity index (χ1n) is 5.19. The van der Waals surface area contributed by atoms with Crippen LogP contribution in [0.2, 0.25) is 10.0 Å². The van der Waals surface area contributed by atoms with Gasteiger partial charge in [0.25, 0.3) is 0 Å². The second-order valence-corrected chi connectivity index (χ2v) is 5.18. The number of nitrogens with zero attached hydrogens (tertiary/aromatic N) is 2. The van der Waals surface area contributed by atoms with Gasteiger partial charge < -0.3 is 5.32 Å². The Morgan fingerprint density at radius 1 is 1.41 bits per heavy atom. The van der Waals surface area contributed by atoms with E-state index in [4.69, 9.17) is 23.2 Å². The van der Waals surface area contributed by atoms with Gasteiger partial charge >= 0.3 is 0 Å². The van der Waals surface area contributed by atoms with E-state index in [9.17, 15) is 0 Å². The molecule has 1 N–H and O–H groups in total. The monoisotopic (exact) mass is 287 g/mol. The van der Waals surface area contributed by atoms with Crippen molar-refractivity contribution in [3.8, 4) is 0 Å².